The zero-order valence-electron chi connectivity index (χ0n) is 11.1. The molecule has 0 aliphatic heterocycles. The lowest BCUT2D eigenvalue weighted by Gasteiger charge is -2.16. The Kier molecular flexibility index (Phi) is 9.28. The maximum absolute atomic E-state index is 9.63. The van der Waals surface area contributed by atoms with Crippen LogP contribution in [-0.4, -0.2) is 30.2 Å². The average Bonchev–Trinajstić information content (AvgIpc) is 2.28. The lowest BCUT2D eigenvalue weighted by molar-refractivity contribution is 0.0990. The van der Waals surface area contributed by atoms with Crippen LogP contribution in [0.2, 0.25) is 0 Å². The van der Waals surface area contributed by atoms with Crippen molar-refractivity contribution < 1.29 is 9.84 Å². The minimum atomic E-state index is -0.503. The zero-order valence-corrected chi connectivity index (χ0v) is 12.7. The highest BCUT2D eigenvalue weighted by atomic mass is 35.5. The van der Waals surface area contributed by atoms with E-state index in [2.05, 4.69) is 5.32 Å². The number of ether oxygens (including phenoxy) is 1. The Morgan fingerprint density at radius 1 is 1.33 bits per heavy atom. The molecule has 1 unspecified atom stereocenters. The maximum atomic E-state index is 9.63. The normalized spacial score (nSPS) is 12.1. The largest absolute Gasteiger partial charge is 0.492 e. The molecule has 1 rings (SSSR count). The number of para-hydroxylation sites is 1. The van der Waals surface area contributed by atoms with Crippen LogP contribution in [0.4, 0.5) is 0 Å². The van der Waals surface area contributed by atoms with Gasteiger partial charge in [-0.2, -0.15) is 0 Å². The Hall–Kier alpha value is -0.420. The molecule has 0 aliphatic carbocycles. The lowest BCUT2D eigenvalue weighted by Crippen LogP contribution is -2.35. The number of rotatable bonds is 7. The summed E-state index contributed by atoms with van der Waals surface area (Å²) in [6.45, 7) is 4.53. The minimum absolute atomic E-state index is 0. The van der Waals surface area contributed by atoms with Crippen molar-refractivity contribution in [3.8, 4) is 5.75 Å². The van der Waals surface area contributed by atoms with Gasteiger partial charge in [0.2, 0.25) is 0 Å². The first kappa shape index (κ1) is 17.6. The van der Waals surface area contributed by atoms with Gasteiger partial charge in [0.15, 0.2) is 0 Å². The van der Waals surface area contributed by atoms with Crippen molar-refractivity contribution in [3.63, 3.8) is 0 Å². The molecular formula is C13H22ClNO2S. The van der Waals surface area contributed by atoms with E-state index in [0.717, 1.165) is 10.6 Å². The van der Waals surface area contributed by atoms with Gasteiger partial charge >= 0.3 is 0 Å². The molecule has 3 nitrogen and oxygen atoms in total. The number of thioether (sulfide) groups is 1. The van der Waals surface area contributed by atoms with E-state index in [0.29, 0.717) is 13.0 Å². The van der Waals surface area contributed by atoms with Gasteiger partial charge in [0.05, 0.1) is 6.61 Å². The molecule has 0 saturated heterocycles. The highest BCUT2D eigenvalue weighted by Gasteiger charge is 2.06. The van der Waals surface area contributed by atoms with E-state index in [1.54, 1.807) is 11.8 Å². The number of hydrogen-bond donors (Lipinski definition) is 2. The van der Waals surface area contributed by atoms with Crippen LogP contribution in [0, 0.1) is 0 Å². The summed E-state index contributed by atoms with van der Waals surface area (Å²) >= 11 is 1.66. The van der Waals surface area contributed by atoms with Crippen molar-refractivity contribution in [2.24, 2.45) is 0 Å². The summed E-state index contributed by atoms with van der Waals surface area (Å²) in [6, 6.07) is 8.21. The molecule has 1 atom stereocenters. The number of nitrogens with one attached hydrogen (secondary N) is 1. The SMILES string of the molecule is CSc1ccccc1OCCC(O)NC(C)C.Cl. The fourth-order valence-corrected chi connectivity index (χ4v) is 2.03. The second kappa shape index (κ2) is 9.50. The molecule has 2 N–H and O–H groups in total. The monoisotopic (exact) mass is 291 g/mol. The van der Waals surface area contributed by atoms with Crippen molar-refractivity contribution in [2.75, 3.05) is 12.9 Å². The molecule has 0 heterocycles. The van der Waals surface area contributed by atoms with Crippen LogP contribution in [-0.2, 0) is 0 Å². The first-order valence-electron chi connectivity index (χ1n) is 5.83. The fraction of sp³-hybridized carbons (Fsp3) is 0.538. The van der Waals surface area contributed by atoms with Gasteiger partial charge in [-0.3, -0.25) is 5.32 Å². The van der Waals surface area contributed by atoms with Gasteiger partial charge in [-0.15, -0.1) is 24.2 Å². The quantitative estimate of drug-likeness (QED) is 0.599. The van der Waals surface area contributed by atoms with E-state index in [-0.39, 0.29) is 18.4 Å². The van der Waals surface area contributed by atoms with Crippen molar-refractivity contribution in [3.05, 3.63) is 24.3 Å². The lowest BCUT2D eigenvalue weighted by atomic mass is 10.3. The Bertz CT molecular complexity index is 337. The van der Waals surface area contributed by atoms with Gasteiger partial charge in [-0.1, -0.05) is 12.1 Å². The van der Waals surface area contributed by atoms with Gasteiger partial charge < -0.3 is 9.84 Å². The van der Waals surface area contributed by atoms with Gasteiger partial charge in [-0.05, 0) is 32.2 Å². The molecule has 0 aliphatic rings. The van der Waals surface area contributed by atoms with E-state index in [9.17, 15) is 5.11 Å². The molecule has 0 amide bonds. The molecule has 0 fully saturated rings. The van der Waals surface area contributed by atoms with Gasteiger partial charge in [-0.25, -0.2) is 0 Å². The van der Waals surface area contributed by atoms with E-state index in [4.69, 9.17) is 4.74 Å². The summed E-state index contributed by atoms with van der Waals surface area (Å²) in [6.07, 6.45) is 2.11. The van der Waals surface area contributed by atoms with Crippen LogP contribution in [0.3, 0.4) is 0 Å². The molecule has 0 aromatic heterocycles. The van der Waals surface area contributed by atoms with Crippen LogP contribution in [0.1, 0.15) is 20.3 Å². The molecule has 5 heteroatoms. The molecular weight excluding hydrogens is 270 g/mol. The Labute approximate surface area is 120 Å². The van der Waals surface area contributed by atoms with Crippen LogP contribution >= 0.6 is 24.2 Å². The predicted molar refractivity (Wildman–Crippen MR) is 79.9 cm³/mol. The second-order valence-corrected chi connectivity index (χ2v) is 4.97. The smallest absolute Gasteiger partial charge is 0.132 e. The molecule has 0 spiro atoms. The van der Waals surface area contributed by atoms with Crippen LogP contribution < -0.4 is 10.1 Å². The molecule has 0 bridgehead atoms. The summed E-state index contributed by atoms with van der Waals surface area (Å²) in [4.78, 5) is 1.12. The molecule has 104 valence electrons. The summed E-state index contributed by atoms with van der Waals surface area (Å²) in [5.74, 6) is 0.886. The topological polar surface area (TPSA) is 41.5 Å². The van der Waals surface area contributed by atoms with Gasteiger partial charge in [0, 0.05) is 17.4 Å². The summed E-state index contributed by atoms with van der Waals surface area (Å²) in [7, 11) is 0. The third-order valence-corrected chi connectivity index (χ3v) is 3.02. The van der Waals surface area contributed by atoms with Gasteiger partial charge in [0.25, 0.3) is 0 Å². The molecule has 0 radical (unpaired) electrons. The number of aliphatic hydroxyl groups is 1. The first-order chi connectivity index (χ1) is 8.13. The highest BCUT2D eigenvalue weighted by Crippen LogP contribution is 2.26. The van der Waals surface area contributed by atoms with E-state index in [1.807, 2.05) is 44.4 Å². The molecule has 18 heavy (non-hydrogen) atoms. The number of hydrogen-bond acceptors (Lipinski definition) is 4. The fourth-order valence-electron chi connectivity index (χ4n) is 1.49. The molecule has 0 saturated carbocycles. The second-order valence-electron chi connectivity index (χ2n) is 4.13. The molecule has 1 aromatic rings. The number of aliphatic hydroxyl groups excluding tert-OH is 1. The minimum Gasteiger partial charge on any atom is -0.492 e. The Morgan fingerprint density at radius 2 is 2.00 bits per heavy atom. The van der Waals surface area contributed by atoms with Crippen LogP contribution in [0.5, 0.6) is 5.75 Å². The Morgan fingerprint density at radius 3 is 2.61 bits per heavy atom. The standard InChI is InChI=1S/C13H21NO2S.ClH/c1-10(2)14-13(15)8-9-16-11-6-4-5-7-12(11)17-3;/h4-7,10,13-15H,8-9H2,1-3H3;1H. The van der Waals surface area contributed by atoms with E-state index < -0.39 is 6.23 Å². The summed E-state index contributed by atoms with van der Waals surface area (Å²) in [5.41, 5.74) is 0. The van der Waals surface area contributed by atoms with Crippen LogP contribution in [0.25, 0.3) is 0 Å². The highest BCUT2D eigenvalue weighted by molar-refractivity contribution is 7.98. The maximum Gasteiger partial charge on any atom is 0.132 e. The summed E-state index contributed by atoms with van der Waals surface area (Å²) < 4.78 is 5.66. The number of halogens is 1. The Balaban J connectivity index is 0.00000289. The first-order valence-corrected chi connectivity index (χ1v) is 7.06. The van der Waals surface area contributed by atoms with Gasteiger partial charge in [0.1, 0.15) is 12.0 Å². The van der Waals surface area contributed by atoms with Crippen molar-refractivity contribution in [1.82, 2.24) is 5.32 Å². The van der Waals surface area contributed by atoms with Crippen molar-refractivity contribution in [1.29, 1.82) is 0 Å². The third kappa shape index (κ3) is 6.50. The van der Waals surface area contributed by atoms with Crippen molar-refractivity contribution >= 4 is 24.2 Å². The molecule has 1 aromatic carbocycles. The van der Waals surface area contributed by atoms with Crippen molar-refractivity contribution in [2.45, 2.75) is 37.4 Å². The summed E-state index contributed by atoms with van der Waals surface area (Å²) in [5, 5.41) is 12.7. The number of benzene rings is 1. The predicted octanol–water partition coefficient (Wildman–Crippen LogP) is 2.92. The third-order valence-electron chi connectivity index (χ3n) is 2.24. The zero-order chi connectivity index (χ0) is 12.7. The van der Waals surface area contributed by atoms with Crippen LogP contribution in [0.15, 0.2) is 29.2 Å². The average molecular weight is 292 g/mol. The van der Waals surface area contributed by atoms with E-state index in [1.165, 1.54) is 0 Å². The van der Waals surface area contributed by atoms with E-state index >= 15 is 0 Å².